The fraction of sp³-hybridized carbons (Fsp3) is 0.111. The van der Waals surface area contributed by atoms with Gasteiger partial charge in [-0.05, 0) is 12.1 Å². The third-order valence-corrected chi connectivity index (χ3v) is 1.58. The Morgan fingerprint density at radius 3 is 2.44 bits per heavy atom. The molecule has 0 aliphatic carbocycles. The monoisotopic (exact) mass is 264 g/mol. The van der Waals surface area contributed by atoms with E-state index in [0.717, 1.165) is 18.3 Å². The molecule has 98 valence electrons. The SMILES string of the molecule is NC(N)=NN=Cc1ccc(OC(F)(F)F)cc1F. The Morgan fingerprint density at radius 1 is 1.28 bits per heavy atom. The molecule has 0 radical (unpaired) electrons. The fourth-order valence-corrected chi connectivity index (χ4v) is 0.967. The molecule has 18 heavy (non-hydrogen) atoms. The molecule has 1 aromatic rings. The summed E-state index contributed by atoms with van der Waals surface area (Å²) in [6, 6.07) is 2.56. The lowest BCUT2D eigenvalue weighted by molar-refractivity contribution is -0.274. The highest BCUT2D eigenvalue weighted by Gasteiger charge is 2.31. The van der Waals surface area contributed by atoms with Gasteiger partial charge < -0.3 is 16.2 Å². The van der Waals surface area contributed by atoms with E-state index in [1.54, 1.807) is 0 Å². The quantitative estimate of drug-likeness (QED) is 0.374. The van der Waals surface area contributed by atoms with E-state index < -0.39 is 17.9 Å². The lowest BCUT2D eigenvalue weighted by atomic mass is 10.2. The number of rotatable bonds is 3. The zero-order chi connectivity index (χ0) is 13.8. The minimum absolute atomic E-state index is 0.0884. The van der Waals surface area contributed by atoms with Crippen molar-refractivity contribution in [3.05, 3.63) is 29.6 Å². The Kier molecular flexibility index (Phi) is 4.08. The van der Waals surface area contributed by atoms with Gasteiger partial charge >= 0.3 is 6.36 Å². The van der Waals surface area contributed by atoms with E-state index in [1.807, 2.05) is 0 Å². The van der Waals surface area contributed by atoms with Crippen LogP contribution >= 0.6 is 0 Å². The molecule has 0 amide bonds. The minimum atomic E-state index is -4.87. The van der Waals surface area contributed by atoms with Crippen LogP contribution in [0.3, 0.4) is 0 Å². The Labute approximate surface area is 98.7 Å². The smallest absolute Gasteiger partial charge is 0.406 e. The number of guanidine groups is 1. The average molecular weight is 264 g/mol. The molecular formula is C9H8F4N4O. The molecule has 0 bridgehead atoms. The van der Waals surface area contributed by atoms with Crippen LogP contribution in [0, 0.1) is 5.82 Å². The van der Waals surface area contributed by atoms with Gasteiger partial charge in [0.2, 0.25) is 5.96 Å². The second-order valence-corrected chi connectivity index (χ2v) is 3.00. The maximum absolute atomic E-state index is 13.3. The molecule has 0 aliphatic heterocycles. The fourth-order valence-electron chi connectivity index (χ4n) is 0.967. The summed E-state index contributed by atoms with van der Waals surface area (Å²) in [5.74, 6) is -1.95. The molecule has 0 aromatic heterocycles. The second kappa shape index (κ2) is 5.34. The molecule has 0 spiro atoms. The number of nitrogens with zero attached hydrogens (tertiary/aromatic N) is 2. The summed E-state index contributed by atoms with van der Waals surface area (Å²) >= 11 is 0. The molecule has 0 saturated heterocycles. The summed E-state index contributed by atoms with van der Waals surface area (Å²) in [7, 11) is 0. The van der Waals surface area contributed by atoms with Crippen LogP contribution in [0.4, 0.5) is 17.6 Å². The number of benzene rings is 1. The molecule has 0 saturated carbocycles. The third kappa shape index (κ3) is 4.68. The Bertz CT molecular complexity index is 480. The van der Waals surface area contributed by atoms with Crippen molar-refractivity contribution in [1.29, 1.82) is 0 Å². The van der Waals surface area contributed by atoms with Gasteiger partial charge in [-0.25, -0.2) is 4.39 Å². The summed E-state index contributed by atoms with van der Waals surface area (Å²) in [5, 5.41) is 6.52. The number of ether oxygens (including phenoxy) is 1. The maximum atomic E-state index is 13.3. The van der Waals surface area contributed by atoms with Gasteiger partial charge in [0, 0.05) is 11.6 Å². The topological polar surface area (TPSA) is 86.0 Å². The number of nitrogens with two attached hydrogens (primary N) is 2. The zero-order valence-electron chi connectivity index (χ0n) is 8.78. The summed E-state index contributed by atoms with van der Waals surface area (Å²) in [5.41, 5.74) is 9.84. The van der Waals surface area contributed by atoms with Crippen LogP contribution in [-0.2, 0) is 0 Å². The van der Waals surface area contributed by atoms with E-state index in [-0.39, 0.29) is 11.5 Å². The highest BCUT2D eigenvalue weighted by Crippen LogP contribution is 2.23. The molecule has 0 unspecified atom stereocenters. The van der Waals surface area contributed by atoms with Gasteiger partial charge in [-0.15, -0.1) is 18.3 Å². The van der Waals surface area contributed by atoms with Crippen molar-refractivity contribution in [3.8, 4) is 5.75 Å². The van der Waals surface area contributed by atoms with E-state index in [4.69, 9.17) is 11.5 Å². The molecule has 0 atom stereocenters. The summed E-state index contributed by atoms with van der Waals surface area (Å²) in [4.78, 5) is 0. The van der Waals surface area contributed by atoms with Crippen LogP contribution in [0.1, 0.15) is 5.56 Å². The number of hydrogen-bond donors (Lipinski definition) is 2. The number of hydrogen-bond acceptors (Lipinski definition) is 3. The van der Waals surface area contributed by atoms with Crippen molar-refractivity contribution in [1.82, 2.24) is 0 Å². The molecule has 9 heteroatoms. The zero-order valence-corrected chi connectivity index (χ0v) is 8.78. The molecule has 0 heterocycles. The van der Waals surface area contributed by atoms with Crippen molar-refractivity contribution in [3.63, 3.8) is 0 Å². The predicted octanol–water partition coefficient (Wildman–Crippen LogP) is 1.33. The van der Waals surface area contributed by atoms with Crippen molar-refractivity contribution < 1.29 is 22.3 Å². The first-order valence-corrected chi connectivity index (χ1v) is 4.45. The third-order valence-electron chi connectivity index (χ3n) is 1.58. The normalized spacial score (nSPS) is 11.6. The Balaban J connectivity index is 2.86. The second-order valence-electron chi connectivity index (χ2n) is 3.00. The number of alkyl halides is 3. The molecule has 0 fully saturated rings. The highest BCUT2D eigenvalue weighted by molar-refractivity contribution is 5.82. The van der Waals surface area contributed by atoms with Gasteiger partial charge in [-0.1, -0.05) is 0 Å². The van der Waals surface area contributed by atoms with Crippen molar-refractivity contribution >= 4 is 12.2 Å². The molecule has 1 aromatic carbocycles. The van der Waals surface area contributed by atoms with Gasteiger partial charge in [-0.3, -0.25) is 0 Å². The summed E-state index contributed by atoms with van der Waals surface area (Å²) < 4.78 is 52.4. The molecule has 5 nitrogen and oxygen atoms in total. The van der Waals surface area contributed by atoms with Crippen LogP contribution < -0.4 is 16.2 Å². The van der Waals surface area contributed by atoms with Crippen LogP contribution in [0.5, 0.6) is 5.75 Å². The highest BCUT2D eigenvalue weighted by atomic mass is 19.4. The minimum Gasteiger partial charge on any atom is -0.406 e. The predicted molar refractivity (Wildman–Crippen MR) is 56.5 cm³/mol. The van der Waals surface area contributed by atoms with Gasteiger partial charge in [0.05, 0.1) is 6.21 Å². The largest absolute Gasteiger partial charge is 0.573 e. The molecule has 0 aliphatic rings. The van der Waals surface area contributed by atoms with Crippen molar-refractivity contribution in [2.75, 3.05) is 0 Å². The summed E-state index contributed by atoms with van der Waals surface area (Å²) in [6.45, 7) is 0. The molecule has 1 rings (SSSR count). The van der Waals surface area contributed by atoms with Gasteiger partial charge in [-0.2, -0.15) is 5.10 Å². The van der Waals surface area contributed by atoms with E-state index in [2.05, 4.69) is 14.9 Å². The van der Waals surface area contributed by atoms with Gasteiger partial charge in [0.25, 0.3) is 0 Å². The standard InChI is InChI=1S/C9H8F4N4O/c10-7-3-6(18-9(11,12)13)2-1-5(7)4-16-17-8(14)15/h1-4H,(H4,14,15,17). The first kappa shape index (κ1) is 13.7. The van der Waals surface area contributed by atoms with E-state index in [9.17, 15) is 17.6 Å². The lowest BCUT2D eigenvalue weighted by Crippen LogP contribution is -2.21. The van der Waals surface area contributed by atoms with E-state index >= 15 is 0 Å². The summed E-state index contributed by atoms with van der Waals surface area (Å²) in [6.07, 6.45) is -3.92. The van der Waals surface area contributed by atoms with Gasteiger partial charge in [0.15, 0.2) is 0 Å². The Morgan fingerprint density at radius 2 is 1.94 bits per heavy atom. The van der Waals surface area contributed by atoms with Crippen molar-refractivity contribution in [2.24, 2.45) is 21.7 Å². The molecule has 4 N–H and O–H groups in total. The van der Waals surface area contributed by atoms with Crippen LogP contribution in [0.2, 0.25) is 0 Å². The maximum Gasteiger partial charge on any atom is 0.573 e. The Hall–Kier alpha value is -2.32. The van der Waals surface area contributed by atoms with Crippen LogP contribution in [0.15, 0.2) is 28.4 Å². The number of halogens is 4. The van der Waals surface area contributed by atoms with Gasteiger partial charge in [0.1, 0.15) is 11.6 Å². The van der Waals surface area contributed by atoms with E-state index in [1.165, 1.54) is 0 Å². The van der Waals surface area contributed by atoms with Crippen LogP contribution in [-0.4, -0.2) is 18.5 Å². The van der Waals surface area contributed by atoms with Crippen molar-refractivity contribution in [2.45, 2.75) is 6.36 Å². The molecular weight excluding hydrogens is 256 g/mol. The van der Waals surface area contributed by atoms with Crippen LogP contribution in [0.25, 0.3) is 0 Å². The average Bonchev–Trinajstić information content (AvgIpc) is 2.18. The lowest BCUT2D eigenvalue weighted by Gasteiger charge is -2.08. The van der Waals surface area contributed by atoms with E-state index in [0.29, 0.717) is 6.07 Å². The first-order valence-electron chi connectivity index (χ1n) is 4.45. The first-order chi connectivity index (χ1) is 8.28.